The number of aliphatic carboxylic acids is 1. The lowest BCUT2D eigenvalue weighted by molar-refractivity contribution is -0.147. The second-order valence-corrected chi connectivity index (χ2v) is 5.56. The number of carboxylic acids is 1. The summed E-state index contributed by atoms with van der Waals surface area (Å²) in [5, 5.41) is 9.13. The lowest BCUT2D eigenvalue weighted by atomic mass is 9.90. The van der Waals surface area contributed by atoms with E-state index < -0.39 is 11.4 Å². The Balaban J connectivity index is 1.87. The lowest BCUT2D eigenvalue weighted by Gasteiger charge is -2.20. The zero-order valence-corrected chi connectivity index (χ0v) is 11.4. The van der Waals surface area contributed by atoms with Crippen LogP contribution in [0.1, 0.15) is 25.3 Å². The monoisotopic (exact) mass is 279 g/mol. The fourth-order valence-electron chi connectivity index (χ4n) is 2.41. The molecule has 0 spiro atoms. The van der Waals surface area contributed by atoms with Gasteiger partial charge in [0.2, 0.25) is 5.91 Å². The minimum atomic E-state index is -0.855. The van der Waals surface area contributed by atoms with Crippen molar-refractivity contribution in [2.24, 2.45) is 5.41 Å². The van der Waals surface area contributed by atoms with Crippen molar-refractivity contribution in [1.29, 1.82) is 0 Å². The van der Waals surface area contributed by atoms with Crippen LogP contribution in [-0.4, -0.2) is 35.0 Å². The summed E-state index contributed by atoms with van der Waals surface area (Å²) in [6.45, 7) is 2.43. The average Bonchev–Trinajstić information content (AvgIpc) is 2.82. The van der Waals surface area contributed by atoms with Crippen LogP contribution in [0, 0.1) is 11.2 Å². The number of hydrogen-bond donors (Lipinski definition) is 1. The summed E-state index contributed by atoms with van der Waals surface area (Å²) in [5.74, 6) is -1.19. The number of likely N-dealkylation sites (tertiary alicyclic amines) is 1. The lowest BCUT2D eigenvalue weighted by Crippen LogP contribution is -2.34. The van der Waals surface area contributed by atoms with Crippen molar-refractivity contribution in [3.63, 3.8) is 0 Å². The molecule has 1 N–H and O–H groups in total. The van der Waals surface area contributed by atoms with Crippen LogP contribution in [-0.2, 0) is 16.0 Å². The molecule has 0 radical (unpaired) electrons. The first-order valence-corrected chi connectivity index (χ1v) is 6.66. The number of rotatable bonds is 4. The van der Waals surface area contributed by atoms with Crippen molar-refractivity contribution in [1.82, 2.24) is 4.90 Å². The Morgan fingerprint density at radius 3 is 2.55 bits per heavy atom. The van der Waals surface area contributed by atoms with Gasteiger partial charge < -0.3 is 10.0 Å². The van der Waals surface area contributed by atoms with E-state index in [2.05, 4.69) is 0 Å². The number of carboxylic acid groups (broad SMARTS) is 1. The van der Waals surface area contributed by atoms with Gasteiger partial charge in [0, 0.05) is 19.5 Å². The van der Waals surface area contributed by atoms with Gasteiger partial charge in [-0.05, 0) is 37.5 Å². The molecule has 1 fully saturated rings. The normalized spacial score (nSPS) is 22.0. The third-order valence-corrected chi connectivity index (χ3v) is 3.88. The van der Waals surface area contributed by atoms with Crippen LogP contribution >= 0.6 is 0 Å². The number of halogens is 1. The van der Waals surface area contributed by atoms with Gasteiger partial charge in [-0.1, -0.05) is 12.1 Å². The predicted octanol–water partition coefficient (Wildman–Crippen LogP) is 2.08. The molecule has 0 bridgehead atoms. The molecule has 1 unspecified atom stereocenters. The molecule has 1 aromatic rings. The van der Waals surface area contributed by atoms with Gasteiger partial charge >= 0.3 is 5.97 Å². The predicted molar refractivity (Wildman–Crippen MR) is 71.7 cm³/mol. The van der Waals surface area contributed by atoms with Crippen LogP contribution in [0.3, 0.4) is 0 Å². The minimum Gasteiger partial charge on any atom is -0.481 e. The Morgan fingerprint density at radius 2 is 2.00 bits per heavy atom. The zero-order chi connectivity index (χ0) is 14.8. The van der Waals surface area contributed by atoms with Crippen molar-refractivity contribution < 1.29 is 19.1 Å². The molecule has 4 nitrogen and oxygen atoms in total. The molecule has 0 saturated carbocycles. The first kappa shape index (κ1) is 14.5. The highest BCUT2D eigenvalue weighted by Crippen LogP contribution is 2.30. The number of carbonyl (C=O) groups excluding carboxylic acids is 1. The van der Waals surface area contributed by atoms with E-state index in [4.69, 9.17) is 5.11 Å². The van der Waals surface area contributed by atoms with Crippen molar-refractivity contribution in [3.8, 4) is 0 Å². The maximum absolute atomic E-state index is 12.8. The second kappa shape index (κ2) is 5.61. The first-order chi connectivity index (χ1) is 9.40. The molecule has 2 rings (SSSR count). The van der Waals surface area contributed by atoms with Crippen LogP contribution in [0.15, 0.2) is 24.3 Å². The molecule has 20 heavy (non-hydrogen) atoms. The molecule has 5 heteroatoms. The molecule has 1 saturated heterocycles. The van der Waals surface area contributed by atoms with Gasteiger partial charge in [-0.3, -0.25) is 9.59 Å². The van der Waals surface area contributed by atoms with Gasteiger partial charge in [-0.15, -0.1) is 0 Å². The van der Waals surface area contributed by atoms with Gasteiger partial charge in [0.05, 0.1) is 5.41 Å². The average molecular weight is 279 g/mol. The van der Waals surface area contributed by atoms with Crippen LogP contribution in [0.5, 0.6) is 0 Å². The van der Waals surface area contributed by atoms with E-state index in [0.717, 1.165) is 5.56 Å². The Hall–Kier alpha value is -1.91. The number of amides is 1. The Bertz CT molecular complexity index is 514. The van der Waals surface area contributed by atoms with Gasteiger partial charge in [-0.2, -0.15) is 0 Å². The summed E-state index contributed by atoms with van der Waals surface area (Å²) in [5.41, 5.74) is 0.0749. The third-order valence-electron chi connectivity index (χ3n) is 3.88. The highest BCUT2D eigenvalue weighted by Gasteiger charge is 2.41. The molecule has 1 aromatic carbocycles. The van der Waals surface area contributed by atoms with Gasteiger partial charge in [0.25, 0.3) is 0 Å². The standard InChI is InChI=1S/C15H18FNO3/c1-15(14(19)20)8-9-17(10-15)13(18)7-4-11-2-5-12(16)6-3-11/h2-3,5-6H,4,7-10H2,1H3,(H,19,20). The van der Waals surface area contributed by atoms with Crippen molar-refractivity contribution >= 4 is 11.9 Å². The highest BCUT2D eigenvalue weighted by molar-refractivity contribution is 5.80. The van der Waals surface area contributed by atoms with Gasteiger partial charge in [-0.25, -0.2) is 4.39 Å². The van der Waals surface area contributed by atoms with Crippen molar-refractivity contribution in [2.45, 2.75) is 26.2 Å². The molecule has 0 aliphatic carbocycles. The number of hydrogen-bond acceptors (Lipinski definition) is 2. The number of nitrogens with zero attached hydrogens (tertiary/aromatic N) is 1. The van der Waals surface area contributed by atoms with E-state index in [9.17, 15) is 14.0 Å². The van der Waals surface area contributed by atoms with Crippen molar-refractivity contribution in [3.05, 3.63) is 35.6 Å². The van der Waals surface area contributed by atoms with E-state index in [1.54, 1.807) is 24.0 Å². The second-order valence-electron chi connectivity index (χ2n) is 5.56. The zero-order valence-electron chi connectivity index (χ0n) is 11.4. The van der Waals surface area contributed by atoms with E-state index in [1.165, 1.54) is 12.1 Å². The Kier molecular flexibility index (Phi) is 4.06. The molecule has 1 amide bonds. The number of carbonyl (C=O) groups is 2. The minimum absolute atomic E-state index is 0.0423. The molecule has 0 aromatic heterocycles. The van der Waals surface area contributed by atoms with Crippen LogP contribution in [0.2, 0.25) is 0 Å². The molecule has 108 valence electrons. The Labute approximate surface area is 117 Å². The SMILES string of the molecule is CC1(C(=O)O)CCN(C(=O)CCc2ccc(F)cc2)C1. The van der Waals surface area contributed by atoms with Crippen LogP contribution in [0.25, 0.3) is 0 Å². The third kappa shape index (κ3) is 3.15. The molecule has 1 atom stereocenters. The van der Waals surface area contributed by atoms with E-state index in [-0.39, 0.29) is 18.3 Å². The summed E-state index contributed by atoms with van der Waals surface area (Å²) < 4.78 is 12.8. The maximum atomic E-state index is 12.8. The largest absolute Gasteiger partial charge is 0.481 e. The van der Waals surface area contributed by atoms with Gasteiger partial charge in [0.15, 0.2) is 0 Å². The molecule has 1 aliphatic rings. The summed E-state index contributed by atoms with van der Waals surface area (Å²) >= 11 is 0. The Morgan fingerprint density at radius 1 is 1.35 bits per heavy atom. The van der Waals surface area contributed by atoms with E-state index >= 15 is 0 Å². The van der Waals surface area contributed by atoms with Gasteiger partial charge in [0.1, 0.15) is 5.82 Å². The summed E-state index contributed by atoms with van der Waals surface area (Å²) in [4.78, 5) is 24.8. The molecular weight excluding hydrogens is 261 g/mol. The highest BCUT2D eigenvalue weighted by atomic mass is 19.1. The summed E-state index contributed by atoms with van der Waals surface area (Å²) in [7, 11) is 0. The molecular formula is C15H18FNO3. The quantitative estimate of drug-likeness (QED) is 0.918. The van der Waals surface area contributed by atoms with E-state index in [1.807, 2.05) is 0 Å². The van der Waals surface area contributed by atoms with Crippen LogP contribution < -0.4 is 0 Å². The number of benzene rings is 1. The summed E-state index contributed by atoms with van der Waals surface area (Å²) in [6.07, 6.45) is 1.35. The smallest absolute Gasteiger partial charge is 0.311 e. The summed E-state index contributed by atoms with van der Waals surface area (Å²) in [6, 6.07) is 6.07. The van der Waals surface area contributed by atoms with Crippen molar-refractivity contribution in [2.75, 3.05) is 13.1 Å². The maximum Gasteiger partial charge on any atom is 0.311 e. The fourth-order valence-corrected chi connectivity index (χ4v) is 2.41. The molecule has 1 heterocycles. The molecule has 1 aliphatic heterocycles. The van der Waals surface area contributed by atoms with E-state index in [0.29, 0.717) is 25.8 Å². The number of aryl methyl sites for hydroxylation is 1. The first-order valence-electron chi connectivity index (χ1n) is 6.66. The fraction of sp³-hybridized carbons (Fsp3) is 0.467. The van der Waals surface area contributed by atoms with Crippen LogP contribution in [0.4, 0.5) is 4.39 Å². The topological polar surface area (TPSA) is 57.6 Å².